The normalized spacial score (nSPS) is 12.6. The van der Waals surface area contributed by atoms with Crippen LogP contribution in [0.25, 0.3) is 0 Å². The number of methoxy groups -OCH3 is 1. The van der Waals surface area contributed by atoms with Gasteiger partial charge in [0.25, 0.3) is 0 Å². The monoisotopic (exact) mass is 285 g/mol. The van der Waals surface area contributed by atoms with Gasteiger partial charge in [-0.2, -0.15) is 11.8 Å². The molecule has 0 amide bonds. The summed E-state index contributed by atoms with van der Waals surface area (Å²) in [7, 11) is 1.38. The predicted molar refractivity (Wildman–Crippen MR) is 77.8 cm³/mol. The summed E-state index contributed by atoms with van der Waals surface area (Å²) in [6.07, 6.45) is 4.35. The van der Waals surface area contributed by atoms with Crippen LogP contribution in [0.3, 0.4) is 0 Å². The number of halogens is 1. The molecule has 1 aromatic rings. The second kappa shape index (κ2) is 8.16. The first-order valence-electron chi connectivity index (χ1n) is 5.53. The highest BCUT2D eigenvalue weighted by molar-refractivity contribution is 7.98. The molecule has 0 bridgehead atoms. The lowest BCUT2D eigenvalue weighted by Crippen LogP contribution is -2.21. The van der Waals surface area contributed by atoms with E-state index in [-0.39, 0.29) is 5.97 Å². The van der Waals surface area contributed by atoms with Gasteiger partial charge in [-0.1, -0.05) is 23.7 Å². The van der Waals surface area contributed by atoms with Crippen molar-refractivity contribution in [2.75, 3.05) is 19.1 Å². The lowest BCUT2D eigenvalue weighted by molar-refractivity contribution is -0.142. The third kappa shape index (κ3) is 5.10. The Kier molecular flexibility index (Phi) is 6.83. The molecule has 0 aromatic heterocycles. The van der Waals surface area contributed by atoms with Gasteiger partial charge in [-0.3, -0.25) is 4.99 Å². The summed E-state index contributed by atoms with van der Waals surface area (Å²) in [6.45, 7) is 0. The number of thioether (sulfide) groups is 1. The van der Waals surface area contributed by atoms with Crippen molar-refractivity contribution in [3.05, 3.63) is 34.9 Å². The number of aliphatic imine (C=N–C) groups is 1. The molecule has 0 aliphatic heterocycles. The van der Waals surface area contributed by atoms with Crippen LogP contribution in [0.1, 0.15) is 12.0 Å². The van der Waals surface area contributed by atoms with E-state index in [9.17, 15) is 4.79 Å². The molecule has 0 spiro atoms. The highest BCUT2D eigenvalue weighted by Gasteiger charge is 2.16. The molecule has 3 nitrogen and oxygen atoms in total. The van der Waals surface area contributed by atoms with Crippen LogP contribution in [0, 0.1) is 0 Å². The number of carbonyl (C=O) groups excluding carboxylic acids is 1. The molecule has 0 aliphatic rings. The molecule has 0 fully saturated rings. The fraction of sp³-hybridized carbons (Fsp3) is 0.385. The minimum atomic E-state index is -0.432. The second-order valence-electron chi connectivity index (χ2n) is 3.65. The molecule has 0 heterocycles. The van der Waals surface area contributed by atoms with Gasteiger partial charge in [0.15, 0.2) is 0 Å². The van der Waals surface area contributed by atoms with Crippen LogP contribution in [-0.2, 0) is 9.53 Å². The van der Waals surface area contributed by atoms with E-state index in [4.69, 9.17) is 16.3 Å². The molecule has 0 aliphatic carbocycles. The van der Waals surface area contributed by atoms with Crippen molar-refractivity contribution in [1.82, 2.24) is 0 Å². The molecule has 18 heavy (non-hydrogen) atoms. The quantitative estimate of drug-likeness (QED) is 0.596. The van der Waals surface area contributed by atoms with Gasteiger partial charge >= 0.3 is 5.97 Å². The van der Waals surface area contributed by atoms with Crippen molar-refractivity contribution in [2.45, 2.75) is 12.5 Å². The van der Waals surface area contributed by atoms with Gasteiger partial charge < -0.3 is 4.74 Å². The largest absolute Gasteiger partial charge is 0.467 e. The Labute approximate surface area is 117 Å². The van der Waals surface area contributed by atoms with Crippen molar-refractivity contribution in [3.63, 3.8) is 0 Å². The molecule has 1 rings (SSSR count). The van der Waals surface area contributed by atoms with E-state index >= 15 is 0 Å². The molecule has 5 heteroatoms. The van der Waals surface area contributed by atoms with Crippen LogP contribution in [0.4, 0.5) is 0 Å². The van der Waals surface area contributed by atoms with Gasteiger partial charge in [0.2, 0.25) is 0 Å². The van der Waals surface area contributed by atoms with Crippen molar-refractivity contribution in [1.29, 1.82) is 0 Å². The maximum Gasteiger partial charge on any atom is 0.330 e. The number of nitrogens with zero attached hydrogens (tertiary/aromatic N) is 1. The second-order valence-corrected chi connectivity index (χ2v) is 5.07. The predicted octanol–water partition coefficient (Wildman–Crippen LogP) is 3.05. The molecular formula is C13H16ClNO2S. The van der Waals surface area contributed by atoms with E-state index in [0.717, 1.165) is 11.3 Å². The smallest absolute Gasteiger partial charge is 0.330 e. The Morgan fingerprint density at radius 2 is 2.17 bits per heavy atom. The number of esters is 1. The fourth-order valence-corrected chi connectivity index (χ4v) is 1.93. The summed E-state index contributed by atoms with van der Waals surface area (Å²) < 4.78 is 4.73. The third-order valence-corrected chi connectivity index (χ3v) is 3.24. The zero-order chi connectivity index (χ0) is 13.4. The van der Waals surface area contributed by atoms with Crippen LogP contribution in [0.15, 0.2) is 29.3 Å². The van der Waals surface area contributed by atoms with E-state index in [0.29, 0.717) is 11.4 Å². The van der Waals surface area contributed by atoms with E-state index in [1.165, 1.54) is 7.11 Å². The Bertz CT molecular complexity index is 406. The summed E-state index contributed by atoms with van der Waals surface area (Å²) in [6, 6.07) is 6.86. The number of hydrogen-bond acceptors (Lipinski definition) is 4. The highest BCUT2D eigenvalue weighted by atomic mass is 35.5. The molecular weight excluding hydrogens is 270 g/mol. The van der Waals surface area contributed by atoms with Crippen LogP contribution in [0.5, 0.6) is 0 Å². The maximum absolute atomic E-state index is 11.5. The minimum absolute atomic E-state index is 0.297. The molecule has 0 unspecified atom stereocenters. The van der Waals surface area contributed by atoms with Crippen LogP contribution >= 0.6 is 23.4 Å². The van der Waals surface area contributed by atoms with Gasteiger partial charge in [-0.15, -0.1) is 0 Å². The summed E-state index contributed by atoms with van der Waals surface area (Å²) in [5, 5.41) is 0.680. The van der Waals surface area contributed by atoms with Crippen LogP contribution < -0.4 is 0 Å². The first kappa shape index (κ1) is 15.1. The number of benzene rings is 1. The number of carbonyl (C=O) groups is 1. The lowest BCUT2D eigenvalue weighted by Gasteiger charge is -2.08. The summed E-state index contributed by atoms with van der Waals surface area (Å²) >= 11 is 7.48. The van der Waals surface area contributed by atoms with E-state index in [1.807, 2.05) is 18.4 Å². The molecule has 0 N–H and O–H groups in total. The van der Waals surface area contributed by atoms with Crippen molar-refractivity contribution in [3.8, 4) is 0 Å². The average molecular weight is 286 g/mol. The first-order valence-corrected chi connectivity index (χ1v) is 7.30. The Morgan fingerprint density at radius 3 is 2.72 bits per heavy atom. The molecule has 0 saturated carbocycles. The Morgan fingerprint density at radius 1 is 1.50 bits per heavy atom. The number of hydrogen-bond donors (Lipinski definition) is 0. The van der Waals surface area contributed by atoms with E-state index in [1.54, 1.807) is 30.1 Å². The first-order chi connectivity index (χ1) is 8.67. The Hall–Kier alpha value is -1.00. The average Bonchev–Trinajstić information content (AvgIpc) is 2.40. The summed E-state index contributed by atoms with van der Waals surface area (Å²) in [5.74, 6) is 0.576. The molecule has 1 atom stereocenters. The van der Waals surface area contributed by atoms with Crippen molar-refractivity contribution >= 4 is 35.5 Å². The molecule has 98 valence electrons. The zero-order valence-electron chi connectivity index (χ0n) is 10.4. The van der Waals surface area contributed by atoms with Gasteiger partial charge in [-0.05, 0) is 36.1 Å². The van der Waals surface area contributed by atoms with Gasteiger partial charge in [0.05, 0.1) is 7.11 Å². The Balaban J connectivity index is 2.69. The van der Waals surface area contributed by atoms with Crippen molar-refractivity contribution < 1.29 is 9.53 Å². The molecule has 0 radical (unpaired) electrons. The SMILES string of the molecule is COC(=O)[C@H](CCSC)N=Cc1ccc(Cl)cc1. The standard InChI is InChI=1S/C13H16ClNO2S/c1-17-13(16)12(7-8-18-2)15-9-10-3-5-11(14)6-4-10/h3-6,9,12H,7-8H2,1-2H3/t12-/m0/s1. The lowest BCUT2D eigenvalue weighted by atomic mass is 10.2. The summed E-state index contributed by atoms with van der Waals surface area (Å²) in [4.78, 5) is 15.8. The van der Waals surface area contributed by atoms with Crippen LogP contribution in [-0.4, -0.2) is 37.3 Å². The van der Waals surface area contributed by atoms with E-state index in [2.05, 4.69) is 4.99 Å². The third-order valence-electron chi connectivity index (χ3n) is 2.34. The number of ether oxygens (including phenoxy) is 1. The topological polar surface area (TPSA) is 38.7 Å². The molecule has 1 aromatic carbocycles. The summed E-state index contributed by atoms with van der Waals surface area (Å²) in [5.41, 5.74) is 0.914. The van der Waals surface area contributed by atoms with Gasteiger partial charge in [0.1, 0.15) is 6.04 Å². The molecule has 0 saturated heterocycles. The maximum atomic E-state index is 11.5. The fourth-order valence-electron chi connectivity index (χ4n) is 1.34. The minimum Gasteiger partial charge on any atom is -0.467 e. The van der Waals surface area contributed by atoms with Gasteiger partial charge in [0, 0.05) is 11.2 Å². The van der Waals surface area contributed by atoms with E-state index < -0.39 is 6.04 Å². The van der Waals surface area contributed by atoms with Crippen LogP contribution in [0.2, 0.25) is 5.02 Å². The number of rotatable bonds is 6. The van der Waals surface area contributed by atoms with Gasteiger partial charge in [-0.25, -0.2) is 4.79 Å². The van der Waals surface area contributed by atoms with Crippen molar-refractivity contribution in [2.24, 2.45) is 4.99 Å². The zero-order valence-corrected chi connectivity index (χ0v) is 12.0. The highest BCUT2D eigenvalue weighted by Crippen LogP contribution is 2.10.